The molecule has 4 rings (SSSR count). The Kier molecular flexibility index (Phi) is 8.45. The maximum absolute atomic E-state index is 13.3. The molecule has 4 nitrogen and oxygen atoms in total. The van der Waals surface area contributed by atoms with Gasteiger partial charge in [0.25, 0.3) is 0 Å². The first kappa shape index (κ1) is 23.4. The van der Waals surface area contributed by atoms with Crippen molar-refractivity contribution in [1.29, 1.82) is 0 Å². The highest BCUT2D eigenvalue weighted by atomic mass is 32.2. The van der Waals surface area contributed by atoms with Crippen molar-refractivity contribution in [2.24, 2.45) is 5.92 Å². The Morgan fingerprint density at radius 1 is 0.879 bits per heavy atom. The highest BCUT2D eigenvalue weighted by Crippen LogP contribution is 2.31. The minimum atomic E-state index is 0.0299. The van der Waals surface area contributed by atoms with Gasteiger partial charge in [-0.15, -0.1) is 0 Å². The van der Waals surface area contributed by atoms with Crippen LogP contribution in [0.4, 0.5) is 0 Å². The van der Waals surface area contributed by atoms with Gasteiger partial charge in [0, 0.05) is 24.0 Å². The van der Waals surface area contributed by atoms with Gasteiger partial charge >= 0.3 is 0 Å². The number of carbonyl (C=O) groups is 1. The Morgan fingerprint density at radius 2 is 1.55 bits per heavy atom. The number of carbonyl (C=O) groups excluding carboxylic acids is 1. The van der Waals surface area contributed by atoms with E-state index in [1.165, 1.54) is 5.56 Å². The number of amides is 1. The second-order valence-corrected chi connectivity index (χ2v) is 9.43. The van der Waals surface area contributed by atoms with Crippen molar-refractivity contribution < 1.29 is 14.3 Å². The second kappa shape index (κ2) is 11.9. The van der Waals surface area contributed by atoms with E-state index >= 15 is 0 Å². The second-order valence-electron chi connectivity index (χ2n) is 8.40. The quantitative estimate of drug-likeness (QED) is 0.375. The summed E-state index contributed by atoms with van der Waals surface area (Å²) in [7, 11) is 1.68. The summed E-state index contributed by atoms with van der Waals surface area (Å²) in [5, 5.41) is 0. The van der Waals surface area contributed by atoms with E-state index in [0.29, 0.717) is 19.8 Å². The first-order valence-electron chi connectivity index (χ1n) is 11.4. The summed E-state index contributed by atoms with van der Waals surface area (Å²) in [4.78, 5) is 15.3. The zero-order chi connectivity index (χ0) is 22.9. The largest absolute Gasteiger partial charge is 0.497 e. The minimum absolute atomic E-state index is 0.0299. The van der Waals surface area contributed by atoms with Gasteiger partial charge in [-0.3, -0.25) is 4.79 Å². The standard InChI is InChI=1S/C28H31NO3S/c1-31-27-14-12-24(13-15-27)20-33-21-25-16-26(19-32-18-23-10-6-3-7-11-23)29(28(25)30)17-22-8-4-2-5-9-22/h2-15,25-26H,16-21H2,1H3. The molecule has 2 unspecified atom stereocenters. The molecule has 1 saturated heterocycles. The van der Waals surface area contributed by atoms with Gasteiger partial charge in [-0.2, -0.15) is 11.8 Å². The number of hydrogen-bond acceptors (Lipinski definition) is 4. The van der Waals surface area contributed by atoms with Gasteiger partial charge in [0.2, 0.25) is 5.91 Å². The number of ether oxygens (including phenoxy) is 2. The monoisotopic (exact) mass is 461 g/mol. The summed E-state index contributed by atoms with van der Waals surface area (Å²) in [6.07, 6.45) is 0.843. The van der Waals surface area contributed by atoms with Gasteiger partial charge < -0.3 is 14.4 Å². The summed E-state index contributed by atoms with van der Waals surface area (Å²) < 4.78 is 11.3. The third-order valence-corrected chi connectivity index (χ3v) is 7.17. The van der Waals surface area contributed by atoms with Crippen LogP contribution in [0.5, 0.6) is 5.75 Å². The van der Waals surface area contributed by atoms with Crippen LogP contribution in [0.3, 0.4) is 0 Å². The lowest BCUT2D eigenvalue weighted by molar-refractivity contribution is -0.132. The van der Waals surface area contributed by atoms with Gasteiger partial charge in [-0.1, -0.05) is 72.8 Å². The van der Waals surface area contributed by atoms with Crippen molar-refractivity contribution >= 4 is 17.7 Å². The first-order valence-corrected chi connectivity index (χ1v) is 12.5. The molecule has 3 aromatic rings. The highest BCUT2D eigenvalue weighted by molar-refractivity contribution is 7.98. The van der Waals surface area contributed by atoms with Crippen LogP contribution in [0.25, 0.3) is 0 Å². The molecule has 0 aromatic heterocycles. The fourth-order valence-electron chi connectivity index (χ4n) is 4.18. The van der Waals surface area contributed by atoms with Crippen molar-refractivity contribution in [2.45, 2.75) is 31.4 Å². The van der Waals surface area contributed by atoms with Gasteiger partial charge in [0.15, 0.2) is 0 Å². The summed E-state index contributed by atoms with van der Waals surface area (Å²) in [5.41, 5.74) is 3.56. The molecule has 0 N–H and O–H groups in total. The molecule has 1 fully saturated rings. The molecule has 1 heterocycles. The van der Waals surface area contributed by atoms with E-state index in [2.05, 4.69) is 36.4 Å². The summed E-state index contributed by atoms with van der Waals surface area (Å²) in [5.74, 6) is 2.86. The molecule has 0 bridgehead atoms. The first-order chi connectivity index (χ1) is 16.2. The van der Waals surface area contributed by atoms with E-state index in [4.69, 9.17) is 9.47 Å². The predicted molar refractivity (Wildman–Crippen MR) is 134 cm³/mol. The Balaban J connectivity index is 1.35. The van der Waals surface area contributed by atoms with E-state index in [-0.39, 0.29) is 17.9 Å². The third-order valence-electron chi connectivity index (χ3n) is 5.99. The predicted octanol–water partition coefficient (Wildman–Crippen LogP) is 5.56. The molecule has 1 amide bonds. The maximum Gasteiger partial charge on any atom is 0.227 e. The lowest BCUT2D eigenvalue weighted by Gasteiger charge is -2.25. The number of benzene rings is 3. The number of thioether (sulfide) groups is 1. The van der Waals surface area contributed by atoms with Crippen LogP contribution in [0.2, 0.25) is 0 Å². The van der Waals surface area contributed by atoms with Crippen molar-refractivity contribution in [3.05, 3.63) is 102 Å². The number of likely N-dealkylation sites (tertiary alicyclic amines) is 1. The normalized spacial score (nSPS) is 18.0. The summed E-state index contributed by atoms with van der Waals surface area (Å²) >= 11 is 1.82. The number of hydrogen-bond donors (Lipinski definition) is 0. The molecular formula is C28H31NO3S. The zero-order valence-electron chi connectivity index (χ0n) is 19.1. The van der Waals surface area contributed by atoms with E-state index in [0.717, 1.165) is 34.8 Å². The van der Waals surface area contributed by atoms with E-state index in [1.54, 1.807) is 7.11 Å². The smallest absolute Gasteiger partial charge is 0.227 e. The molecule has 0 radical (unpaired) electrons. The fraction of sp³-hybridized carbons (Fsp3) is 0.321. The maximum atomic E-state index is 13.3. The van der Waals surface area contributed by atoms with Gasteiger partial charge in [-0.25, -0.2) is 0 Å². The van der Waals surface area contributed by atoms with Crippen LogP contribution in [0.15, 0.2) is 84.9 Å². The van der Waals surface area contributed by atoms with Crippen LogP contribution in [0, 0.1) is 5.92 Å². The van der Waals surface area contributed by atoms with Crippen molar-refractivity contribution in [3.63, 3.8) is 0 Å². The molecule has 172 valence electrons. The van der Waals surface area contributed by atoms with Crippen LogP contribution >= 0.6 is 11.8 Å². The summed E-state index contributed by atoms with van der Waals surface area (Å²) in [6, 6.07) is 28.7. The van der Waals surface area contributed by atoms with Crippen LogP contribution in [-0.2, 0) is 28.4 Å². The van der Waals surface area contributed by atoms with E-state index in [9.17, 15) is 4.79 Å². The molecule has 0 aliphatic carbocycles. The lowest BCUT2D eigenvalue weighted by atomic mass is 10.1. The van der Waals surface area contributed by atoms with Crippen molar-refractivity contribution in [3.8, 4) is 5.75 Å². The van der Waals surface area contributed by atoms with Crippen LogP contribution in [0.1, 0.15) is 23.1 Å². The molecular weight excluding hydrogens is 430 g/mol. The Hall–Kier alpha value is -2.76. The molecule has 0 spiro atoms. The molecule has 1 aliphatic rings. The van der Waals surface area contributed by atoms with Crippen molar-refractivity contribution in [2.75, 3.05) is 19.5 Å². The number of methoxy groups -OCH3 is 1. The SMILES string of the molecule is COc1ccc(CSCC2CC(COCc3ccccc3)N(Cc3ccccc3)C2=O)cc1. The Morgan fingerprint density at radius 3 is 2.21 bits per heavy atom. The van der Waals surface area contributed by atoms with E-state index < -0.39 is 0 Å². The molecule has 2 atom stereocenters. The lowest BCUT2D eigenvalue weighted by Crippen LogP contribution is -2.36. The average Bonchev–Trinajstić information content (AvgIpc) is 3.15. The highest BCUT2D eigenvalue weighted by Gasteiger charge is 2.39. The summed E-state index contributed by atoms with van der Waals surface area (Å²) in [6.45, 7) is 1.77. The average molecular weight is 462 g/mol. The van der Waals surface area contributed by atoms with Gasteiger partial charge in [0.05, 0.1) is 26.4 Å². The fourth-order valence-corrected chi connectivity index (χ4v) is 5.29. The number of nitrogens with zero attached hydrogens (tertiary/aromatic N) is 1. The molecule has 5 heteroatoms. The Labute approximate surface area is 200 Å². The molecule has 33 heavy (non-hydrogen) atoms. The zero-order valence-corrected chi connectivity index (χ0v) is 19.9. The Bertz CT molecular complexity index is 995. The van der Waals surface area contributed by atoms with Crippen LogP contribution in [-0.4, -0.2) is 36.3 Å². The topological polar surface area (TPSA) is 38.8 Å². The molecule has 1 aliphatic heterocycles. The molecule has 0 saturated carbocycles. The minimum Gasteiger partial charge on any atom is -0.497 e. The van der Waals surface area contributed by atoms with Crippen molar-refractivity contribution in [1.82, 2.24) is 4.90 Å². The third kappa shape index (κ3) is 6.62. The number of rotatable bonds is 11. The molecule has 3 aromatic carbocycles. The van der Waals surface area contributed by atoms with Gasteiger partial charge in [0.1, 0.15) is 5.75 Å². The van der Waals surface area contributed by atoms with Crippen LogP contribution < -0.4 is 4.74 Å². The van der Waals surface area contributed by atoms with Gasteiger partial charge in [-0.05, 0) is 35.2 Å². The van der Waals surface area contributed by atoms with E-state index in [1.807, 2.05) is 65.2 Å².